The number of ether oxygens (including phenoxy) is 3. The van der Waals surface area contributed by atoms with Gasteiger partial charge in [0, 0.05) is 12.1 Å². The molecule has 0 spiro atoms. The van der Waals surface area contributed by atoms with Crippen LogP contribution in [0.15, 0.2) is 12.1 Å². The van der Waals surface area contributed by atoms with Crippen LogP contribution in [0.3, 0.4) is 0 Å². The minimum atomic E-state index is -4.79. The number of aromatic nitrogens is 2. The van der Waals surface area contributed by atoms with Crippen molar-refractivity contribution >= 4 is 17.5 Å². The monoisotopic (exact) mass is 332 g/mol. The molecule has 0 unspecified atom stereocenters. The van der Waals surface area contributed by atoms with Crippen LogP contribution in [0, 0.1) is 0 Å². The van der Waals surface area contributed by atoms with E-state index in [1.165, 1.54) is 7.11 Å². The minimum Gasteiger partial charge on any atom is -0.497 e. The first-order valence-corrected chi connectivity index (χ1v) is 6.09. The summed E-state index contributed by atoms with van der Waals surface area (Å²) in [5.74, 6) is -2.26. The number of hydrogen-bond donors (Lipinski definition) is 0. The molecule has 0 N–H and O–H groups in total. The molecule has 2 aromatic rings. The highest BCUT2D eigenvalue weighted by atomic mass is 19.4. The molecule has 0 bridgehead atoms. The Balaban J connectivity index is 2.94. The predicted octanol–water partition coefficient (Wildman–Crippen LogP) is 1.93. The summed E-state index contributed by atoms with van der Waals surface area (Å²) in [5, 5.41) is 3.56. The highest BCUT2D eigenvalue weighted by Gasteiger charge is 2.37. The first-order valence-electron chi connectivity index (χ1n) is 6.09. The lowest BCUT2D eigenvalue weighted by atomic mass is 10.2. The molecular formula is C13H11F3N2O5. The highest BCUT2D eigenvalue weighted by molar-refractivity contribution is 6.07. The van der Waals surface area contributed by atoms with Gasteiger partial charge in [-0.15, -0.1) is 0 Å². The molecule has 2 aromatic heterocycles. The van der Waals surface area contributed by atoms with E-state index in [4.69, 9.17) is 4.74 Å². The van der Waals surface area contributed by atoms with Crippen molar-refractivity contribution in [2.24, 2.45) is 0 Å². The van der Waals surface area contributed by atoms with Gasteiger partial charge in [0.2, 0.25) is 0 Å². The number of pyridine rings is 1. The molecule has 2 heterocycles. The minimum absolute atomic E-state index is 0.161. The quantitative estimate of drug-likeness (QED) is 0.799. The van der Waals surface area contributed by atoms with E-state index in [9.17, 15) is 22.8 Å². The van der Waals surface area contributed by atoms with E-state index in [1.54, 1.807) is 0 Å². The molecule has 0 fully saturated rings. The molecule has 7 nitrogen and oxygen atoms in total. The molecule has 0 saturated heterocycles. The predicted molar refractivity (Wildman–Crippen MR) is 69.4 cm³/mol. The SMILES string of the molecule is COC(=O)c1nn2c(C(F)(F)F)cc(OC)cc2c1C(=O)OC. The summed E-state index contributed by atoms with van der Waals surface area (Å²) in [4.78, 5) is 23.6. The van der Waals surface area contributed by atoms with Crippen molar-refractivity contribution in [1.82, 2.24) is 9.61 Å². The Kier molecular flexibility index (Phi) is 4.17. The van der Waals surface area contributed by atoms with E-state index in [-0.39, 0.29) is 11.3 Å². The average Bonchev–Trinajstić information content (AvgIpc) is 2.90. The summed E-state index contributed by atoms with van der Waals surface area (Å²) in [7, 11) is 3.21. The van der Waals surface area contributed by atoms with Gasteiger partial charge < -0.3 is 14.2 Å². The maximum atomic E-state index is 13.2. The number of carbonyl (C=O) groups is 2. The fraction of sp³-hybridized carbons (Fsp3) is 0.308. The summed E-state index contributed by atoms with van der Waals surface area (Å²) >= 11 is 0. The third-order valence-electron chi connectivity index (χ3n) is 3.00. The van der Waals surface area contributed by atoms with Crippen LogP contribution in [0.4, 0.5) is 13.2 Å². The van der Waals surface area contributed by atoms with Gasteiger partial charge >= 0.3 is 18.1 Å². The number of fused-ring (bicyclic) bond motifs is 1. The number of methoxy groups -OCH3 is 3. The molecule has 23 heavy (non-hydrogen) atoms. The maximum absolute atomic E-state index is 13.2. The second kappa shape index (κ2) is 5.78. The van der Waals surface area contributed by atoms with Gasteiger partial charge in [0.05, 0.1) is 26.8 Å². The number of esters is 2. The second-order valence-corrected chi connectivity index (χ2v) is 4.28. The van der Waals surface area contributed by atoms with Gasteiger partial charge in [0.1, 0.15) is 17.0 Å². The molecule has 0 aliphatic heterocycles. The third-order valence-corrected chi connectivity index (χ3v) is 3.00. The lowest BCUT2D eigenvalue weighted by Gasteiger charge is -2.11. The zero-order chi connectivity index (χ0) is 17.4. The van der Waals surface area contributed by atoms with Crippen molar-refractivity contribution < 1.29 is 37.0 Å². The van der Waals surface area contributed by atoms with Gasteiger partial charge in [-0.05, 0) is 0 Å². The van der Waals surface area contributed by atoms with E-state index >= 15 is 0 Å². The summed E-state index contributed by atoms with van der Waals surface area (Å²) in [5.41, 5.74) is -2.53. The molecule has 0 radical (unpaired) electrons. The number of carbonyl (C=O) groups excluding carboxylic acids is 2. The van der Waals surface area contributed by atoms with Crippen LogP contribution < -0.4 is 4.74 Å². The fourth-order valence-electron chi connectivity index (χ4n) is 1.98. The Labute approximate surface area is 127 Å². The van der Waals surface area contributed by atoms with Crippen LogP contribution in [0.5, 0.6) is 5.75 Å². The van der Waals surface area contributed by atoms with Crippen LogP contribution in [0.2, 0.25) is 0 Å². The molecule has 124 valence electrons. The van der Waals surface area contributed by atoms with E-state index in [1.807, 2.05) is 0 Å². The Morgan fingerprint density at radius 3 is 2.17 bits per heavy atom. The molecular weight excluding hydrogens is 321 g/mol. The van der Waals surface area contributed by atoms with Crippen LogP contribution >= 0.6 is 0 Å². The van der Waals surface area contributed by atoms with Crippen molar-refractivity contribution in [1.29, 1.82) is 0 Å². The van der Waals surface area contributed by atoms with Crippen LogP contribution in [0.25, 0.3) is 5.52 Å². The Hall–Kier alpha value is -2.78. The summed E-state index contributed by atoms with van der Waals surface area (Å²) < 4.78 is 53.8. The lowest BCUT2D eigenvalue weighted by Crippen LogP contribution is -2.13. The molecule has 2 rings (SSSR count). The second-order valence-electron chi connectivity index (χ2n) is 4.28. The highest BCUT2D eigenvalue weighted by Crippen LogP contribution is 2.34. The zero-order valence-corrected chi connectivity index (χ0v) is 12.2. The lowest BCUT2D eigenvalue weighted by molar-refractivity contribution is -0.142. The van der Waals surface area contributed by atoms with E-state index < -0.39 is 35.1 Å². The molecule has 0 aliphatic rings. The van der Waals surface area contributed by atoms with Crippen molar-refractivity contribution in [2.45, 2.75) is 6.18 Å². The number of rotatable bonds is 3. The average molecular weight is 332 g/mol. The van der Waals surface area contributed by atoms with Gasteiger partial charge in [-0.3, -0.25) is 0 Å². The van der Waals surface area contributed by atoms with Crippen LogP contribution in [0.1, 0.15) is 26.5 Å². The number of halogens is 3. The molecule has 0 saturated carbocycles. The fourth-order valence-corrected chi connectivity index (χ4v) is 1.98. The largest absolute Gasteiger partial charge is 0.497 e. The van der Waals surface area contributed by atoms with Gasteiger partial charge in [-0.1, -0.05) is 0 Å². The smallest absolute Gasteiger partial charge is 0.433 e. The molecule has 0 aliphatic carbocycles. The number of nitrogens with zero attached hydrogens (tertiary/aromatic N) is 2. The summed E-state index contributed by atoms with van der Waals surface area (Å²) in [6.45, 7) is 0. The zero-order valence-electron chi connectivity index (χ0n) is 12.2. The van der Waals surface area contributed by atoms with Gasteiger partial charge in [-0.25, -0.2) is 14.1 Å². The topological polar surface area (TPSA) is 79.1 Å². The molecule has 0 atom stereocenters. The normalized spacial score (nSPS) is 11.4. The summed E-state index contributed by atoms with van der Waals surface area (Å²) in [6.07, 6.45) is -4.79. The standard InChI is InChI=1S/C13H11F3N2O5/c1-21-6-4-7-9(11(19)22-2)10(12(20)23-3)17-18(7)8(5-6)13(14,15)16/h4-5H,1-3H3. The summed E-state index contributed by atoms with van der Waals surface area (Å²) in [6, 6.07) is 1.84. The first kappa shape index (κ1) is 16.6. The molecule has 0 aromatic carbocycles. The first-order chi connectivity index (χ1) is 10.7. The Morgan fingerprint density at radius 1 is 1.09 bits per heavy atom. The van der Waals surface area contributed by atoms with Crippen LogP contribution in [-0.4, -0.2) is 42.9 Å². The maximum Gasteiger partial charge on any atom is 0.433 e. The van der Waals surface area contributed by atoms with Crippen LogP contribution in [-0.2, 0) is 15.7 Å². The van der Waals surface area contributed by atoms with E-state index in [0.717, 1.165) is 20.3 Å². The van der Waals surface area contributed by atoms with Crippen molar-refractivity contribution in [2.75, 3.05) is 21.3 Å². The molecule has 0 amide bonds. The van der Waals surface area contributed by atoms with Crippen molar-refractivity contribution in [3.63, 3.8) is 0 Å². The third kappa shape index (κ3) is 2.79. The van der Waals surface area contributed by atoms with Gasteiger partial charge in [0.25, 0.3) is 0 Å². The van der Waals surface area contributed by atoms with Gasteiger partial charge in [0.15, 0.2) is 5.69 Å². The number of hydrogen-bond acceptors (Lipinski definition) is 6. The van der Waals surface area contributed by atoms with E-state index in [0.29, 0.717) is 10.6 Å². The molecule has 10 heteroatoms. The van der Waals surface area contributed by atoms with E-state index in [2.05, 4.69) is 14.6 Å². The van der Waals surface area contributed by atoms with Gasteiger partial charge in [-0.2, -0.15) is 18.3 Å². The number of alkyl halides is 3. The van der Waals surface area contributed by atoms with Crippen molar-refractivity contribution in [3.8, 4) is 5.75 Å². The van der Waals surface area contributed by atoms with Crippen molar-refractivity contribution in [3.05, 3.63) is 29.1 Å². The Bertz CT molecular complexity index is 782. The Morgan fingerprint density at radius 2 is 1.70 bits per heavy atom.